The van der Waals surface area contributed by atoms with Gasteiger partial charge in [0, 0.05) is 5.02 Å². The predicted molar refractivity (Wildman–Crippen MR) is 98.9 cm³/mol. The molecule has 0 aliphatic heterocycles. The Morgan fingerprint density at radius 2 is 1.54 bits per heavy atom. The third-order valence-corrected chi connectivity index (χ3v) is 3.27. The maximum Gasteiger partial charge on any atom is 0.349 e. The van der Waals surface area contributed by atoms with E-state index in [1.54, 1.807) is 69.3 Å². The summed E-state index contributed by atoms with van der Waals surface area (Å²) in [6.07, 6.45) is -0.784. The third-order valence-electron chi connectivity index (χ3n) is 3.02. The third kappa shape index (κ3) is 6.64. The number of rotatable bonds is 8. The van der Waals surface area contributed by atoms with E-state index in [0.717, 1.165) is 5.71 Å². The van der Waals surface area contributed by atoms with Gasteiger partial charge in [-0.3, -0.25) is 0 Å². The molecule has 2 aromatic rings. The van der Waals surface area contributed by atoms with Crippen molar-refractivity contribution in [2.24, 2.45) is 5.16 Å². The van der Waals surface area contributed by atoms with E-state index < -0.39 is 12.1 Å². The molecule has 0 spiro atoms. The quantitative estimate of drug-likeness (QED) is 0.217. The fraction of sp³-hybridized carbons (Fsp3) is 0.263. The Labute approximate surface area is 157 Å². The van der Waals surface area contributed by atoms with Gasteiger partial charge in [-0.15, -0.1) is 0 Å². The summed E-state index contributed by atoms with van der Waals surface area (Å²) < 4.78 is 16.1. The SMILES string of the molecule is CC(C)=NOCOC(=O)C(C)Oc1ccc(Oc2ccc(Cl)cc2)cc1. The lowest BCUT2D eigenvalue weighted by molar-refractivity contribution is -0.163. The average Bonchev–Trinajstić information content (AvgIpc) is 2.62. The number of nitrogens with zero attached hydrogens (tertiary/aromatic N) is 1. The molecule has 138 valence electrons. The molecule has 2 rings (SSSR count). The molecule has 26 heavy (non-hydrogen) atoms. The van der Waals surface area contributed by atoms with Crippen LogP contribution in [0.15, 0.2) is 53.7 Å². The van der Waals surface area contributed by atoms with Gasteiger partial charge in [-0.2, -0.15) is 0 Å². The molecule has 0 aromatic heterocycles. The molecule has 0 bridgehead atoms. The fourth-order valence-corrected chi connectivity index (χ4v) is 1.96. The summed E-state index contributed by atoms with van der Waals surface area (Å²) in [5, 5.41) is 4.31. The smallest absolute Gasteiger partial charge is 0.349 e. The zero-order valence-corrected chi connectivity index (χ0v) is 15.5. The summed E-state index contributed by atoms with van der Waals surface area (Å²) in [4.78, 5) is 16.6. The van der Waals surface area contributed by atoms with Gasteiger partial charge in [-0.1, -0.05) is 16.8 Å². The van der Waals surface area contributed by atoms with Crippen LogP contribution in [-0.4, -0.2) is 24.6 Å². The number of halogens is 1. The van der Waals surface area contributed by atoms with Crippen molar-refractivity contribution in [1.82, 2.24) is 0 Å². The van der Waals surface area contributed by atoms with Crippen LogP contribution >= 0.6 is 11.6 Å². The van der Waals surface area contributed by atoms with Gasteiger partial charge in [0.05, 0.1) is 5.71 Å². The Morgan fingerprint density at radius 1 is 1.00 bits per heavy atom. The van der Waals surface area contributed by atoms with Crippen molar-refractivity contribution in [3.05, 3.63) is 53.6 Å². The summed E-state index contributed by atoms with van der Waals surface area (Å²) in [6, 6.07) is 13.9. The second-order valence-electron chi connectivity index (χ2n) is 5.54. The normalized spacial score (nSPS) is 11.2. The molecule has 6 nitrogen and oxygen atoms in total. The lowest BCUT2D eigenvalue weighted by Crippen LogP contribution is -2.26. The molecule has 1 unspecified atom stereocenters. The van der Waals surface area contributed by atoms with Crippen molar-refractivity contribution in [2.75, 3.05) is 6.79 Å². The Balaban J connectivity index is 1.83. The van der Waals surface area contributed by atoms with Gasteiger partial charge in [0.15, 0.2) is 6.10 Å². The molecule has 0 N–H and O–H groups in total. The molecule has 0 aliphatic carbocycles. The lowest BCUT2D eigenvalue weighted by Gasteiger charge is -2.14. The van der Waals surface area contributed by atoms with E-state index in [2.05, 4.69) is 5.16 Å². The monoisotopic (exact) mass is 377 g/mol. The van der Waals surface area contributed by atoms with E-state index in [4.69, 9.17) is 30.6 Å². The van der Waals surface area contributed by atoms with E-state index in [1.165, 1.54) is 0 Å². The van der Waals surface area contributed by atoms with Crippen LogP contribution < -0.4 is 9.47 Å². The number of esters is 1. The number of carbonyl (C=O) groups excluding carboxylic acids is 1. The van der Waals surface area contributed by atoms with E-state index >= 15 is 0 Å². The topological polar surface area (TPSA) is 66.4 Å². The average molecular weight is 378 g/mol. The maximum atomic E-state index is 11.8. The lowest BCUT2D eigenvalue weighted by atomic mass is 10.3. The van der Waals surface area contributed by atoms with Gasteiger partial charge in [0.1, 0.15) is 17.2 Å². The number of ether oxygens (including phenoxy) is 3. The second kappa shape index (κ2) is 9.68. The maximum absolute atomic E-state index is 11.8. The number of hydrogen-bond donors (Lipinski definition) is 0. The van der Waals surface area contributed by atoms with Gasteiger partial charge < -0.3 is 19.0 Å². The van der Waals surface area contributed by atoms with E-state index in [0.29, 0.717) is 22.3 Å². The van der Waals surface area contributed by atoms with Crippen LogP contribution in [-0.2, 0) is 14.4 Å². The summed E-state index contributed by atoms with van der Waals surface area (Å²) in [7, 11) is 0. The highest BCUT2D eigenvalue weighted by Gasteiger charge is 2.16. The number of oxime groups is 1. The van der Waals surface area contributed by atoms with E-state index in [-0.39, 0.29) is 6.79 Å². The van der Waals surface area contributed by atoms with Crippen LogP contribution in [0.4, 0.5) is 0 Å². The van der Waals surface area contributed by atoms with Crippen LogP contribution in [0, 0.1) is 0 Å². The summed E-state index contributed by atoms with van der Waals surface area (Å²) in [5.74, 6) is 1.28. The Kier molecular flexibility index (Phi) is 7.29. The van der Waals surface area contributed by atoms with E-state index in [1.807, 2.05) is 0 Å². The standard InChI is InChI=1S/C19H20ClNO5/c1-13(2)21-24-12-23-19(22)14(3)25-16-8-10-18(11-9-16)26-17-6-4-15(20)5-7-17/h4-11,14H,12H2,1-3H3. The molecule has 0 saturated carbocycles. The van der Waals surface area contributed by atoms with Crippen LogP contribution in [0.1, 0.15) is 20.8 Å². The van der Waals surface area contributed by atoms with Crippen LogP contribution in [0.3, 0.4) is 0 Å². The zero-order chi connectivity index (χ0) is 18.9. The Bertz CT molecular complexity index is 740. The van der Waals surface area contributed by atoms with Crippen molar-refractivity contribution >= 4 is 23.3 Å². The summed E-state index contributed by atoms with van der Waals surface area (Å²) in [6.45, 7) is 4.88. The minimum absolute atomic E-state index is 0.258. The second-order valence-corrected chi connectivity index (χ2v) is 5.97. The molecule has 0 amide bonds. The van der Waals surface area contributed by atoms with Crippen molar-refractivity contribution in [1.29, 1.82) is 0 Å². The fourth-order valence-electron chi connectivity index (χ4n) is 1.83. The first-order chi connectivity index (χ1) is 12.4. The van der Waals surface area contributed by atoms with Crippen molar-refractivity contribution in [3.8, 4) is 17.2 Å². The van der Waals surface area contributed by atoms with Crippen LogP contribution in [0.2, 0.25) is 5.02 Å². The molecule has 0 saturated heterocycles. The molecule has 0 heterocycles. The van der Waals surface area contributed by atoms with Crippen molar-refractivity contribution < 1.29 is 23.8 Å². The molecule has 0 radical (unpaired) electrons. The molecule has 0 aliphatic rings. The first-order valence-electron chi connectivity index (χ1n) is 7.94. The number of hydrogen-bond acceptors (Lipinski definition) is 6. The molecular weight excluding hydrogens is 358 g/mol. The highest BCUT2D eigenvalue weighted by molar-refractivity contribution is 6.30. The first kappa shape index (κ1) is 19.6. The number of carbonyl (C=O) groups is 1. The molecule has 2 aromatic carbocycles. The first-order valence-corrected chi connectivity index (χ1v) is 8.32. The van der Waals surface area contributed by atoms with Crippen molar-refractivity contribution in [3.63, 3.8) is 0 Å². The van der Waals surface area contributed by atoms with Crippen LogP contribution in [0.5, 0.6) is 17.2 Å². The van der Waals surface area contributed by atoms with Crippen LogP contribution in [0.25, 0.3) is 0 Å². The minimum atomic E-state index is -0.784. The Morgan fingerprint density at radius 3 is 2.12 bits per heavy atom. The molecule has 1 atom stereocenters. The highest BCUT2D eigenvalue weighted by Crippen LogP contribution is 2.25. The zero-order valence-electron chi connectivity index (χ0n) is 14.8. The number of benzene rings is 2. The Hall–Kier alpha value is -2.73. The van der Waals surface area contributed by atoms with Gasteiger partial charge >= 0.3 is 5.97 Å². The van der Waals surface area contributed by atoms with Crippen molar-refractivity contribution in [2.45, 2.75) is 26.9 Å². The summed E-state index contributed by atoms with van der Waals surface area (Å²) >= 11 is 5.84. The summed E-state index contributed by atoms with van der Waals surface area (Å²) in [5.41, 5.74) is 0.728. The highest BCUT2D eigenvalue weighted by atomic mass is 35.5. The van der Waals surface area contributed by atoms with Gasteiger partial charge in [-0.25, -0.2) is 4.79 Å². The van der Waals surface area contributed by atoms with Gasteiger partial charge in [0.25, 0.3) is 6.79 Å². The predicted octanol–water partition coefficient (Wildman–Crippen LogP) is 4.81. The molecule has 0 fully saturated rings. The minimum Gasteiger partial charge on any atom is -0.479 e. The molecule has 7 heteroatoms. The molecular formula is C19H20ClNO5. The largest absolute Gasteiger partial charge is 0.479 e. The van der Waals surface area contributed by atoms with Gasteiger partial charge in [-0.05, 0) is 69.3 Å². The van der Waals surface area contributed by atoms with E-state index in [9.17, 15) is 4.79 Å². The van der Waals surface area contributed by atoms with Gasteiger partial charge in [0.2, 0.25) is 0 Å².